The minimum atomic E-state index is 1.20. The summed E-state index contributed by atoms with van der Waals surface area (Å²) >= 11 is 0. The molecule has 1 aliphatic carbocycles. The first-order valence-corrected chi connectivity index (χ1v) is 6.90. The summed E-state index contributed by atoms with van der Waals surface area (Å²) in [5.74, 6) is 0. The quantitative estimate of drug-likeness (QED) is 0.321. The molecule has 0 amide bonds. The van der Waals surface area contributed by atoms with Gasteiger partial charge in [-0.2, -0.15) is 0 Å². The number of hydrogen-bond acceptors (Lipinski definition) is 0. The van der Waals surface area contributed by atoms with Gasteiger partial charge in [0.15, 0.2) is 0 Å². The van der Waals surface area contributed by atoms with Crippen LogP contribution in [0.25, 0.3) is 43.8 Å². The molecule has 0 fully saturated rings. The van der Waals surface area contributed by atoms with Gasteiger partial charge in [0.1, 0.15) is 0 Å². The van der Waals surface area contributed by atoms with Gasteiger partial charge in [0.2, 0.25) is 0 Å². The van der Waals surface area contributed by atoms with E-state index in [1.165, 1.54) is 43.8 Å². The summed E-state index contributed by atoms with van der Waals surface area (Å²) < 4.78 is 0. The average molecular weight is 251 g/mol. The largest absolute Gasteiger partial charge is 0.0616 e. The Hall–Kier alpha value is -2.60. The molecule has 1 aliphatic rings. The highest BCUT2D eigenvalue weighted by atomic mass is 14.2. The van der Waals surface area contributed by atoms with Crippen LogP contribution in [0.2, 0.25) is 0 Å². The summed E-state index contributed by atoms with van der Waals surface area (Å²) in [4.78, 5) is 0. The Morgan fingerprint density at radius 1 is 0.550 bits per heavy atom. The Morgan fingerprint density at radius 3 is 2.20 bits per heavy atom. The molecule has 1 radical (unpaired) electrons. The maximum Gasteiger partial charge on any atom is -0.000719 e. The molecule has 0 aromatic heterocycles. The number of benzene rings is 4. The Balaban J connectivity index is 2.12. The molecule has 0 heterocycles. The van der Waals surface area contributed by atoms with Crippen molar-refractivity contribution in [2.75, 3.05) is 0 Å². The predicted octanol–water partition coefficient (Wildman–Crippen LogP) is 5.44. The molecule has 0 spiro atoms. The molecule has 0 saturated carbocycles. The van der Waals surface area contributed by atoms with Gasteiger partial charge in [0.05, 0.1) is 0 Å². The highest BCUT2D eigenvalue weighted by Gasteiger charge is 2.21. The van der Waals surface area contributed by atoms with E-state index < -0.39 is 0 Å². The molecule has 5 rings (SSSR count). The summed E-state index contributed by atoms with van der Waals surface area (Å²) in [6.45, 7) is 0. The summed E-state index contributed by atoms with van der Waals surface area (Å²) in [5.41, 5.74) is 5.24. The van der Waals surface area contributed by atoms with E-state index in [9.17, 15) is 0 Å². The second-order valence-electron chi connectivity index (χ2n) is 5.32. The van der Waals surface area contributed by atoms with Crippen LogP contribution in [0.15, 0.2) is 66.7 Å². The van der Waals surface area contributed by atoms with Crippen molar-refractivity contribution in [3.63, 3.8) is 0 Å². The van der Waals surface area contributed by atoms with Crippen LogP contribution in [0, 0.1) is 6.07 Å². The Bertz CT molecular complexity index is 993. The van der Waals surface area contributed by atoms with E-state index in [0.717, 1.165) is 0 Å². The van der Waals surface area contributed by atoms with Gasteiger partial charge in [0.25, 0.3) is 0 Å². The number of hydrogen-bond donors (Lipinski definition) is 0. The molecule has 0 heteroatoms. The standard InChI is InChI=1S/C20H11/c1-2-7-14-13(6-1)12-19-16-9-4-3-8-15(16)18-11-5-10-17(14)20(18)19/h1-11H. The highest BCUT2D eigenvalue weighted by molar-refractivity contribution is 6.23. The van der Waals surface area contributed by atoms with Crippen LogP contribution in [0.3, 0.4) is 0 Å². The average Bonchev–Trinajstić information content (AvgIpc) is 2.84. The van der Waals surface area contributed by atoms with Crippen LogP contribution in [0.4, 0.5) is 0 Å². The van der Waals surface area contributed by atoms with E-state index in [2.05, 4.69) is 72.8 Å². The molecule has 0 bridgehead atoms. The van der Waals surface area contributed by atoms with E-state index in [1.54, 1.807) is 0 Å². The van der Waals surface area contributed by atoms with Crippen molar-refractivity contribution in [3.05, 3.63) is 72.8 Å². The highest BCUT2D eigenvalue weighted by Crippen LogP contribution is 2.48. The molecular weight excluding hydrogens is 240 g/mol. The van der Waals surface area contributed by atoms with Crippen LogP contribution in [-0.2, 0) is 0 Å². The minimum Gasteiger partial charge on any atom is -0.0616 e. The lowest BCUT2D eigenvalue weighted by Gasteiger charge is -2.06. The minimum absolute atomic E-state index is 1.20. The molecule has 91 valence electrons. The van der Waals surface area contributed by atoms with E-state index in [0.29, 0.717) is 0 Å². The van der Waals surface area contributed by atoms with E-state index in [4.69, 9.17) is 0 Å². The molecule has 0 N–H and O–H groups in total. The van der Waals surface area contributed by atoms with Gasteiger partial charge < -0.3 is 0 Å². The van der Waals surface area contributed by atoms with Gasteiger partial charge in [0, 0.05) is 0 Å². The molecule has 0 saturated heterocycles. The molecule has 4 aromatic carbocycles. The summed E-state index contributed by atoms with van der Waals surface area (Å²) in [6.07, 6.45) is 0. The normalized spacial score (nSPS) is 12.0. The monoisotopic (exact) mass is 251 g/mol. The van der Waals surface area contributed by atoms with Gasteiger partial charge in [-0.3, -0.25) is 0 Å². The van der Waals surface area contributed by atoms with Crippen molar-refractivity contribution in [1.29, 1.82) is 0 Å². The van der Waals surface area contributed by atoms with Gasteiger partial charge in [-0.15, -0.1) is 0 Å². The predicted molar refractivity (Wildman–Crippen MR) is 84.7 cm³/mol. The fourth-order valence-corrected chi connectivity index (χ4v) is 3.43. The third kappa shape index (κ3) is 1.12. The fourth-order valence-electron chi connectivity index (χ4n) is 3.43. The third-order valence-corrected chi connectivity index (χ3v) is 4.28. The van der Waals surface area contributed by atoms with Crippen LogP contribution in [-0.4, -0.2) is 0 Å². The van der Waals surface area contributed by atoms with Gasteiger partial charge in [-0.05, 0) is 49.9 Å². The van der Waals surface area contributed by atoms with Crippen molar-refractivity contribution in [1.82, 2.24) is 0 Å². The first-order chi connectivity index (χ1) is 9.93. The van der Waals surface area contributed by atoms with Crippen LogP contribution < -0.4 is 0 Å². The smallest absolute Gasteiger partial charge is 0.000719 e. The maximum atomic E-state index is 3.63. The Morgan fingerprint density at radius 2 is 1.25 bits per heavy atom. The molecule has 0 atom stereocenters. The third-order valence-electron chi connectivity index (χ3n) is 4.28. The van der Waals surface area contributed by atoms with Crippen molar-refractivity contribution < 1.29 is 0 Å². The summed E-state index contributed by atoms with van der Waals surface area (Å²) in [6, 6.07) is 27.4. The first-order valence-electron chi connectivity index (χ1n) is 6.90. The summed E-state index contributed by atoms with van der Waals surface area (Å²) in [7, 11) is 0. The van der Waals surface area contributed by atoms with Gasteiger partial charge in [-0.25, -0.2) is 0 Å². The molecule has 20 heavy (non-hydrogen) atoms. The SMILES string of the molecule is [c]1c2c3c(cccc3c3ccccc13)-c1ccccc1-2. The summed E-state index contributed by atoms with van der Waals surface area (Å²) in [5, 5.41) is 5.18. The van der Waals surface area contributed by atoms with Gasteiger partial charge in [-0.1, -0.05) is 66.7 Å². The van der Waals surface area contributed by atoms with E-state index in [1.807, 2.05) is 0 Å². The van der Waals surface area contributed by atoms with Crippen LogP contribution in [0.1, 0.15) is 0 Å². The first kappa shape index (κ1) is 10.2. The van der Waals surface area contributed by atoms with Crippen molar-refractivity contribution >= 4 is 21.5 Å². The van der Waals surface area contributed by atoms with Gasteiger partial charge >= 0.3 is 0 Å². The lowest BCUT2D eigenvalue weighted by molar-refractivity contribution is 1.70. The Kier molecular flexibility index (Phi) is 1.78. The molecule has 4 aromatic rings. The second-order valence-corrected chi connectivity index (χ2v) is 5.32. The van der Waals surface area contributed by atoms with Crippen LogP contribution >= 0.6 is 0 Å². The second kappa shape index (κ2) is 3.49. The number of fused-ring (bicyclic) bond motifs is 5. The fraction of sp³-hybridized carbons (Fsp3) is 0. The molecule has 0 nitrogen and oxygen atoms in total. The molecule has 0 unspecified atom stereocenters. The molecule has 0 aliphatic heterocycles. The zero-order valence-electron chi connectivity index (χ0n) is 10.9. The number of rotatable bonds is 0. The van der Waals surface area contributed by atoms with Crippen LogP contribution in [0.5, 0.6) is 0 Å². The van der Waals surface area contributed by atoms with Crippen molar-refractivity contribution in [2.24, 2.45) is 0 Å². The zero-order chi connectivity index (χ0) is 13.1. The van der Waals surface area contributed by atoms with E-state index in [-0.39, 0.29) is 0 Å². The van der Waals surface area contributed by atoms with E-state index >= 15 is 0 Å². The zero-order valence-corrected chi connectivity index (χ0v) is 10.9. The van der Waals surface area contributed by atoms with Crippen molar-refractivity contribution in [2.45, 2.75) is 0 Å². The Labute approximate surface area is 117 Å². The topological polar surface area (TPSA) is 0 Å². The van der Waals surface area contributed by atoms with Crippen molar-refractivity contribution in [3.8, 4) is 22.3 Å². The maximum absolute atomic E-state index is 3.63. The molecular formula is C20H11. The lowest BCUT2D eigenvalue weighted by Crippen LogP contribution is -1.80. The lowest BCUT2D eigenvalue weighted by atomic mass is 9.97.